The minimum atomic E-state index is -0.493. The van der Waals surface area contributed by atoms with Crippen molar-refractivity contribution in [3.05, 3.63) is 35.1 Å². The summed E-state index contributed by atoms with van der Waals surface area (Å²) in [6.45, 7) is 15.5. The third-order valence-corrected chi connectivity index (χ3v) is 7.24. The average molecular weight is 431 g/mol. The number of fused-ring (bicyclic) bond motifs is 1. The number of Topliss-reactive ketones (excluding diaryl/α,β-unsaturated/α-hetero) is 1. The lowest BCUT2D eigenvalue weighted by molar-refractivity contribution is -0.155. The second-order valence-electron chi connectivity index (χ2n) is 9.42. The fourth-order valence-corrected chi connectivity index (χ4v) is 5.49. The quantitative estimate of drug-likeness (QED) is 0.358. The van der Waals surface area contributed by atoms with Crippen molar-refractivity contribution in [2.24, 2.45) is 29.6 Å². The molecule has 0 bridgehead atoms. The number of esters is 2. The van der Waals surface area contributed by atoms with Gasteiger partial charge in [-0.05, 0) is 51.9 Å². The summed E-state index contributed by atoms with van der Waals surface area (Å²) in [5.41, 5.74) is 2.05. The van der Waals surface area contributed by atoms with Gasteiger partial charge in [-0.1, -0.05) is 32.1 Å². The topological polar surface area (TPSA) is 78.9 Å². The van der Waals surface area contributed by atoms with Gasteiger partial charge in [0.2, 0.25) is 0 Å². The number of ketones is 1. The average Bonchev–Trinajstić information content (AvgIpc) is 3.05. The van der Waals surface area contributed by atoms with Gasteiger partial charge in [-0.15, -0.1) is 0 Å². The van der Waals surface area contributed by atoms with Crippen LogP contribution in [0.25, 0.3) is 0 Å². The molecule has 0 amide bonds. The number of hydrogen-bond donors (Lipinski definition) is 0. The van der Waals surface area contributed by atoms with E-state index >= 15 is 0 Å². The number of rotatable bonds is 6. The summed E-state index contributed by atoms with van der Waals surface area (Å²) in [6.07, 6.45) is 1.99. The van der Waals surface area contributed by atoms with Gasteiger partial charge in [-0.25, -0.2) is 9.59 Å². The first-order valence-corrected chi connectivity index (χ1v) is 11.1. The van der Waals surface area contributed by atoms with E-state index in [0.717, 1.165) is 5.57 Å². The molecule has 31 heavy (non-hydrogen) atoms. The summed E-state index contributed by atoms with van der Waals surface area (Å²) in [4.78, 5) is 37.9. The Morgan fingerprint density at radius 3 is 2.32 bits per heavy atom. The summed E-state index contributed by atoms with van der Waals surface area (Å²) in [7, 11) is 0. The van der Waals surface area contributed by atoms with Crippen molar-refractivity contribution in [2.75, 3.05) is 6.61 Å². The highest BCUT2D eigenvalue weighted by atomic mass is 16.6. The molecule has 1 aliphatic heterocycles. The lowest BCUT2D eigenvalue weighted by Crippen LogP contribution is -2.46. The fourth-order valence-electron chi connectivity index (χ4n) is 5.49. The van der Waals surface area contributed by atoms with E-state index in [1.54, 1.807) is 33.8 Å². The van der Waals surface area contributed by atoms with E-state index in [4.69, 9.17) is 14.2 Å². The van der Waals surface area contributed by atoms with Crippen LogP contribution in [0.4, 0.5) is 0 Å². The number of carbonyl (C=O) groups is 3. The lowest BCUT2D eigenvalue weighted by Gasteiger charge is -2.44. The maximum absolute atomic E-state index is 12.8. The molecule has 0 aromatic carbocycles. The first kappa shape index (κ1) is 23.3. The Balaban J connectivity index is 1.90. The molecule has 170 valence electrons. The molecule has 6 atom stereocenters. The summed E-state index contributed by atoms with van der Waals surface area (Å²) >= 11 is 0. The van der Waals surface area contributed by atoms with Gasteiger partial charge < -0.3 is 14.2 Å². The van der Waals surface area contributed by atoms with Crippen LogP contribution in [-0.2, 0) is 28.6 Å². The van der Waals surface area contributed by atoms with Crippen molar-refractivity contribution < 1.29 is 28.6 Å². The van der Waals surface area contributed by atoms with E-state index in [0.29, 0.717) is 29.7 Å². The predicted octanol–water partition coefficient (Wildman–Crippen LogP) is 4.15. The van der Waals surface area contributed by atoms with Crippen molar-refractivity contribution in [3.8, 4) is 0 Å². The number of carbonyl (C=O) groups excluding carboxylic acids is 3. The molecule has 0 saturated heterocycles. The third kappa shape index (κ3) is 4.35. The van der Waals surface area contributed by atoms with Gasteiger partial charge in [0.15, 0.2) is 0 Å². The molecule has 2 fully saturated rings. The normalized spacial score (nSPS) is 32.9. The highest BCUT2D eigenvalue weighted by Crippen LogP contribution is 2.54. The summed E-state index contributed by atoms with van der Waals surface area (Å²) < 4.78 is 17.0. The Kier molecular flexibility index (Phi) is 6.77. The van der Waals surface area contributed by atoms with Gasteiger partial charge in [0.05, 0.1) is 5.92 Å². The van der Waals surface area contributed by atoms with Crippen LogP contribution < -0.4 is 0 Å². The van der Waals surface area contributed by atoms with E-state index < -0.39 is 12.0 Å². The monoisotopic (exact) mass is 430 g/mol. The van der Waals surface area contributed by atoms with Crippen molar-refractivity contribution >= 4 is 17.7 Å². The number of ether oxygens (including phenoxy) is 3. The molecular weight excluding hydrogens is 396 g/mol. The second kappa shape index (κ2) is 9.01. The van der Waals surface area contributed by atoms with Gasteiger partial charge >= 0.3 is 11.9 Å². The Bertz CT molecular complexity index is 848. The molecule has 3 rings (SSSR count). The smallest absolute Gasteiger partial charge is 0.341 e. The number of allylic oxidation sites excluding steroid dienone is 2. The van der Waals surface area contributed by atoms with Crippen molar-refractivity contribution in [3.63, 3.8) is 0 Å². The van der Waals surface area contributed by atoms with E-state index in [2.05, 4.69) is 20.4 Å². The van der Waals surface area contributed by atoms with Crippen molar-refractivity contribution in [1.29, 1.82) is 0 Å². The maximum atomic E-state index is 12.8. The van der Waals surface area contributed by atoms with Crippen LogP contribution in [0, 0.1) is 29.6 Å². The maximum Gasteiger partial charge on any atom is 0.341 e. The molecule has 0 unspecified atom stereocenters. The zero-order chi connectivity index (χ0) is 23.0. The van der Waals surface area contributed by atoms with Gasteiger partial charge in [0.25, 0.3) is 0 Å². The molecule has 0 N–H and O–H groups in total. The molecule has 0 radical (unpaired) electrons. The highest BCUT2D eigenvalue weighted by Gasteiger charge is 2.56. The Morgan fingerprint density at radius 2 is 1.84 bits per heavy atom. The zero-order valence-electron chi connectivity index (χ0n) is 19.4. The zero-order valence-corrected chi connectivity index (χ0v) is 19.4. The first-order valence-electron chi connectivity index (χ1n) is 11.1. The van der Waals surface area contributed by atoms with Gasteiger partial charge in [-0.2, -0.15) is 0 Å². The predicted molar refractivity (Wildman–Crippen MR) is 116 cm³/mol. The van der Waals surface area contributed by atoms with E-state index in [1.165, 1.54) is 0 Å². The van der Waals surface area contributed by atoms with Gasteiger partial charge in [0, 0.05) is 17.9 Å². The van der Waals surface area contributed by atoms with Crippen LogP contribution in [0.3, 0.4) is 0 Å². The highest BCUT2D eigenvalue weighted by molar-refractivity contribution is 5.90. The van der Waals surface area contributed by atoms with Crippen LogP contribution >= 0.6 is 0 Å². The van der Waals surface area contributed by atoms with Crippen LogP contribution in [0.2, 0.25) is 0 Å². The van der Waals surface area contributed by atoms with Crippen LogP contribution in [-0.4, -0.2) is 36.5 Å². The molecule has 0 spiro atoms. The molecular formula is C25H34O6. The van der Waals surface area contributed by atoms with Crippen LogP contribution in [0.15, 0.2) is 35.1 Å². The summed E-state index contributed by atoms with van der Waals surface area (Å²) in [5.74, 6) is -0.430. The molecule has 0 aromatic heterocycles. The first-order chi connectivity index (χ1) is 14.6. The van der Waals surface area contributed by atoms with E-state index in [-0.39, 0.29) is 54.1 Å². The van der Waals surface area contributed by atoms with E-state index in [1.807, 2.05) is 0 Å². The van der Waals surface area contributed by atoms with E-state index in [9.17, 15) is 14.4 Å². The van der Waals surface area contributed by atoms with Crippen LogP contribution in [0.1, 0.15) is 54.4 Å². The Hall–Kier alpha value is -2.37. The van der Waals surface area contributed by atoms with Crippen molar-refractivity contribution in [1.82, 2.24) is 0 Å². The SMILES string of the molecule is C=C1C[C@@H](OC(=O)C2=C(C)OC2)[C@@H](C(C)C)[C@@H]2[C@@H](C(C)=O)[C@@H](OC(=O)/C(C)=C\C)C[C@@H]12. The largest absolute Gasteiger partial charge is 0.492 e. The minimum absolute atomic E-state index is 0.000182. The molecule has 2 aliphatic carbocycles. The lowest BCUT2D eigenvalue weighted by atomic mass is 9.63. The molecule has 2 saturated carbocycles. The second-order valence-corrected chi connectivity index (χ2v) is 9.42. The standard InChI is InChI=1S/C25H34O6/c1-8-13(4)24(27)30-20-10-17-14(5)9-19(31-25(28)18-11-29-16(18)7)21(12(2)3)23(17)22(20)15(6)26/h8,12,17,19-23H,5,9-11H2,1-4,6-7H3/b13-8-/t17-,19+,20-,21+,22-,23+/m0/s1. The Labute approximate surface area is 184 Å². The Morgan fingerprint density at radius 1 is 1.16 bits per heavy atom. The summed E-state index contributed by atoms with van der Waals surface area (Å²) in [5, 5.41) is 0. The molecule has 3 aliphatic rings. The van der Waals surface area contributed by atoms with Crippen molar-refractivity contribution in [2.45, 2.75) is 66.6 Å². The molecule has 6 heteroatoms. The minimum Gasteiger partial charge on any atom is -0.492 e. The van der Waals surface area contributed by atoms with Gasteiger partial charge in [-0.3, -0.25) is 4.79 Å². The van der Waals surface area contributed by atoms with Crippen LogP contribution in [0.5, 0.6) is 0 Å². The fraction of sp³-hybridized carbons (Fsp3) is 0.640. The van der Waals surface area contributed by atoms with Gasteiger partial charge in [0.1, 0.15) is 35.9 Å². The summed E-state index contributed by atoms with van der Waals surface area (Å²) in [6, 6.07) is 0. The third-order valence-electron chi connectivity index (χ3n) is 7.24. The molecule has 1 heterocycles. The molecule has 0 aromatic rings. The molecule has 6 nitrogen and oxygen atoms in total. The number of hydrogen-bond acceptors (Lipinski definition) is 6.